The summed E-state index contributed by atoms with van der Waals surface area (Å²) in [5.74, 6) is 1.55. The standard InChI is InChI=1S/C12H23NO2S/c14-16(15)8-4-7-12(10-16)13-9-11-5-2-1-3-6-11/h11-13H,1-10H2. The minimum absolute atomic E-state index is 0.223. The molecule has 0 aromatic carbocycles. The van der Waals surface area contributed by atoms with Crippen molar-refractivity contribution in [3.8, 4) is 0 Å². The highest BCUT2D eigenvalue weighted by Gasteiger charge is 2.25. The lowest BCUT2D eigenvalue weighted by molar-refractivity contribution is 0.325. The first kappa shape index (κ1) is 12.4. The Balaban J connectivity index is 1.72. The monoisotopic (exact) mass is 245 g/mol. The zero-order chi connectivity index (χ0) is 11.4. The molecule has 1 N–H and O–H groups in total. The molecule has 0 aromatic rings. The maximum absolute atomic E-state index is 11.5. The van der Waals surface area contributed by atoms with E-state index in [-0.39, 0.29) is 6.04 Å². The molecule has 2 fully saturated rings. The smallest absolute Gasteiger partial charge is 0.151 e. The van der Waals surface area contributed by atoms with Crippen molar-refractivity contribution >= 4 is 9.84 Å². The van der Waals surface area contributed by atoms with Gasteiger partial charge < -0.3 is 5.32 Å². The maximum atomic E-state index is 11.5. The third kappa shape index (κ3) is 3.74. The van der Waals surface area contributed by atoms with Crippen LogP contribution in [0.2, 0.25) is 0 Å². The van der Waals surface area contributed by atoms with E-state index in [9.17, 15) is 8.42 Å². The Morgan fingerprint density at radius 1 is 1.00 bits per heavy atom. The molecule has 2 rings (SSSR count). The van der Waals surface area contributed by atoms with Crippen LogP contribution in [0.4, 0.5) is 0 Å². The molecule has 2 aliphatic rings. The third-order valence-electron chi connectivity index (χ3n) is 3.88. The van der Waals surface area contributed by atoms with E-state index < -0.39 is 9.84 Å². The van der Waals surface area contributed by atoms with Gasteiger partial charge in [0.1, 0.15) is 0 Å². The second kappa shape index (κ2) is 5.50. The summed E-state index contributed by atoms with van der Waals surface area (Å²) in [5, 5.41) is 3.47. The van der Waals surface area contributed by atoms with Crippen LogP contribution in [0.1, 0.15) is 44.9 Å². The van der Waals surface area contributed by atoms with Crippen molar-refractivity contribution in [2.75, 3.05) is 18.1 Å². The topological polar surface area (TPSA) is 46.2 Å². The second-order valence-corrected chi connectivity index (χ2v) is 7.59. The van der Waals surface area contributed by atoms with Gasteiger partial charge in [-0.2, -0.15) is 0 Å². The van der Waals surface area contributed by atoms with Crippen LogP contribution in [-0.2, 0) is 9.84 Å². The number of hydrogen-bond donors (Lipinski definition) is 1. The van der Waals surface area contributed by atoms with Gasteiger partial charge in [0, 0.05) is 6.04 Å². The van der Waals surface area contributed by atoms with Crippen LogP contribution in [0, 0.1) is 5.92 Å². The molecular formula is C12H23NO2S. The first-order valence-corrected chi connectivity index (χ1v) is 8.42. The van der Waals surface area contributed by atoms with Gasteiger partial charge in [-0.1, -0.05) is 19.3 Å². The lowest BCUT2D eigenvalue weighted by Gasteiger charge is -2.27. The van der Waals surface area contributed by atoms with Crippen molar-refractivity contribution in [3.05, 3.63) is 0 Å². The van der Waals surface area contributed by atoms with Crippen LogP contribution >= 0.6 is 0 Å². The molecule has 4 heteroatoms. The normalized spacial score (nSPS) is 31.4. The number of hydrogen-bond acceptors (Lipinski definition) is 3. The molecule has 1 heterocycles. The lowest BCUT2D eigenvalue weighted by atomic mass is 9.89. The molecular weight excluding hydrogens is 222 g/mol. The van der Waals surface area contributed by atoms with Gasteiger partial charge in [0.15, 0.2) is 9.84 Å². The summed E-state index contributed by atoms with van der Waals surface area (Å²) >= 11 is 0. The van der Waals surface area contributed by atoms with E-state index in [1.807, 2.05) is 0 Å². The van der Waals surface area contributed by atoms with Gasteiger partial charge in [-0.15, -0.1) is 0 Å². The van der Waals surface area contributed by atoms with Gasteiger partial charge in [-0.25, -0.2) is 8.42 Å². The molecule has 94 valence electrons. The van der Waals surface area contributed by atoms with Crippen molar-refractivity contribution in [2.24, 2.45) is 5.92 Å². The second-order valence-electron chi connectivity index (χ2n) is 5.37. The van der Waals surface area contributed by atoms with E-state index in [0.717, 1.165) is 25.3 Å². The molecule has 3 nitrogen and oxygen atoms in total. The molecule has 0 radical (unpaired) electrons. The molecule has 0 aromatic heterocycles. The Kier molecular flexibility index (Phi) is 4.25. The van der Waals surface area contributed by atoms with Crippen molar-refractivity contribution in [1.82, 2.24) is 5.32 Å². The molecule has 16 heavy (non-hydrogen) atoms. The van der Waals surface area contributed by atoms with Gasteiger partial charge in [-0.3, -0.25) is 0 Å². The molecule has 1 unspecified atom stereocenters. The van der Waals surface area contributed by atoms with Crippen LogP contribution in [0.25, 0.3) is 0 Å². The molecule has 1 aliphatic carbocycles. The van der Waals surface area contributed by atoms with Gasteiger partial charge >= 0.3 is 0 Å². The van der Waals surface area contributed by atoms with Gasteiger partial charge in [0.05, 0.1) is 11.5 Å². The zero-order valence-corrected chi connectivity index (χ0v) is 10.8. The Labute approximate surface area is 98.9 Å². The molecule has 1 saturated heterocycles. The average Bonchev–Trinajstić information content (AvgIpc) is 2.27. The zero-order valence-electron chi connectivity index (χ0n) is 9.95. The van der Waals surface area contributed by atoms with E-state index in [0.29, 0.717) is 11.5 Å². The molecule has 0 bridgehead atoms. The fourth-order valence-corrected chi connectivity index (χ4v) is 4.58. The van der Waals surface area contributed by atoms with Crippen molar-refractivity contribution in [2.45, 2.75) is 51.0 Å². The van der Waals surface area contributed by atoms with E-state index in [1.54, 1.807) is 0 Å². The van der Waals surface area contributed by atoms with Crippen LogP contribution in [0.3, 0.4) is 0 Å². The fraction of sp³-hybridized carbons (Fsp3) is 1.00. The van der Waals surface area contributed by atoms with Crippen LogP contribution in [-0.4, -0.2) is 32.5 Å². The first-order chi connectivity index (χ1) is 7.66. The molecule has 1 atom stereocenters. The molecule has 1 aliphatic heterocycles. The van der Waals surface area contributed by atoms with E-state index >= 15 is 0 Å². The quantitative estimate of drug-likeness (QED) is 0.823. The summed E-state index contributed by atoms with van der Waals surface area (Å²) < 4.78 is 22.9. The Bertz CT molecular complexity index is 307. The van der Waals surface area contributed by atoms with Crippen LogP contribution in [0.5, 0.6) is 0 Å². The summed E-state index contributed by atoms with van der Waals surface area (Å²) in [4.78, 5) is 0. The summed E-state index contributed by atoms with van der Waals surface area (Å²) in [6.45, 7) is 1.03. The van der Waals surface area contributed by atoms with Gasteiger partial charge in [0.2, 0.25) is 0 Å². The highest BCUT2D eigenvalue weighted by atomic mass is 32.2. The predicted octanol–water partition coefficient (Wildman–Crippen LogP) is 1.73. The summed E-state index contributed by atoms with van der Waals surface area (Å²) in [5.41, 5.74) is 0. The number of rotatable bonds is 3. The highest BCUT2D eigenvalue weighted by Crippen LogP contribution is 2.23. The van der Waals surface area contributed by atoms with Gasteiger partial charge in [-0.05, 0) is 38.1 Å². The van der Waals surface area contributed by atoms with Gasteiger partial charge in [0.25, 0.3) is 0 Å². The van der Waals surface area contributed by atoms with Crippen LogP contribution < -0.4 is 5.32 Å². The Morgan fingerprint density at radius 3 is 2.44 bits per heavy atom. The predicted molar refractivity (Wildman–Crippen MR) is 66.3 cm³/mol. The Morgan fingerprint density at radius 2 is 1.75 bits per heavy atom. The SMILES string of the molecule is O=S1(=O)CCCC(NCC2CCCCC2)C1. The van der Waals surface area contributed by atoms with Crippen molar-refractivity contribution < 1.29 is 8.42 Å². The average molecular weight is 245 g/mol. The highest BCUT2D eigenvalue weighted by molar-refractivity contribution is 7.91. The van der Waals surface area contributed by atoms with Crippen LogP contribution in [0.15, 0.2) is 0 Å². The third-order valence-corrected chi connectivity index (χ3v) is 5.70. The molecule has 0 amide bonds. The number of nitrogens with one attached hydrogen (secondary N) is 1. The number of sulfone groups is 1. The van der Waals surface area contributed by atoms with E-state index in [2.05, 4.69) is 5.32 Å². The van der Waals surface area contributed by atoms with E-state index in [4.69, 9.17) is 0 Å². The van der Waals surface area contributed by atoms with E-state index in [1.165, 1.54) is 32.1 Å². The molecule has 1 saturated carbocycles. The maximum Gasteiger partial charge on any atom is 0.151 e. The summed E-state index contributed by atoms with van der Waals surface area (Å²) in [6.07, 6.45) is 8.62. The lowest BCUT2D eigenvalue weighted by Crippen LogP contribution is -2.42. The minimum Gasteiger partial charge on any atom is -0.313 e. The minimum atomic E-state index is -2.75. The Hall–Kier alpha value is -0.0900. The van der Waals surface area contributed by atoms with Crippen molar-refractivity contribution in [3.63, 3.8) is 0 Å². The first-order valence-electron chi connectivity index (χ1n) is 6.59. The fourth-order valence-electron chi connectivity index (χ4n) is 2.91. The molecule has 0 spiro atoms. The summed E-state index contributed by atoms with van der Waals surface area (Å²) in [7, 11) is -2.75. The largest absolute Gasteiger partial charge is 0.313 e. The van der Waals surface area contributed by atoms with Crippen molar-refractivity contribution in [1.29, 1.82) is 0 Å². The summed E-state index contributed by atoms with van der Waals surface area (Å²) in [6, 6.07) is 0.223.